The van der Waals surface area contributed by atoms with E-state index in [0.29, 0.717) is 0 Å². The highest BCUT2D eigenvalue weighted by molar-refractivity contribution is 9.10. The van der Waals surface area contributed by atoms with Crippen LogP contribution < -0.4 is 5.32 Å². The molecule has 1 aromatic carbocycles. The van der Waals surface area contributed by atoms with Gasteiger partial charge in [0.05, 0.1) is 5.60 Å². The highest BCUT2D eigenvalue weighted by Gasteiger charge is 2.29. The van der Waals surface area contributed by atoms with Crippen molar-refractivity contribution in [3.8, 4) is 0 Å². The summed E-state index contributed by atoms with van der Waals surface area (Å²) in [5.41, 5.74) is 1.93. The average Bonchev–Trinajstić information content (AvgIpc) is 2.24. The van der Waals surface area contributed by atoms with Gasteiger partial charge in [-0.1, -0.05) is 33.6 Å². The molecule has 0 bridgehead atoms. The van der Waals surface area contributed by atoms with E-state index in [9.17, 15) is 5.11 Å². The zero-order valence-electron chi connectivity index (χ0n) is 9.59. The van der Waals surface area contributed by atoms with Crippen LogP contribution in [0.25, 0.3) is 0 Å². The van der Waals surface area contributed by atoms with E-state index in [1.807, 2.05) is 0 Å². The van der Waals surface area contributed by atoms with Gasteiger partial charge >= 0.3 is 0 Å². The average molecular weight is 284 g/mol. The monoisotopic (exact) mass is 283 g/mol. The molecule has 0 radical (unpaired) electrons. The second-order valence-corrected chi connectivity index (χ2v) is 5.60. The van der Waals surface area contributed by atoms with Crippen LogP contribution in [-0.2, 0) is 6.42 Å². The molecule has 0 aromatic heterocycles. The van der Waals surface area contributed by atoms with Crippen molar-refractivity contribution in [1.29, 1.82) is 0 Å². The number of nitrogens with one attached hydrogen (secondary N) is 1. The van der Waals surface area contributed by atoms with Gasteiger partial charge in [-0.3, -0.25) is 0 Å². The lowest BCUT2D eigenvalue weighted by Gasteiger charge is -2.33. The molecule has 0 amide bonds. The second kappa shape index (κ2) is 4.86. The zero-order chi connectivity index (χ0) is 11.6. The third-order valence-electron chi connectivity index (χ3n) is 3.25. The number of benzene rings is 1. The molecule has 0 atom stereocenters. The molecule has 0 unspecified atom stereocenters. The van der Waals surface area contributed by atoms with Crippen molar-refractivity contribution < 1.29 is 5.11 Å². The first kappa shape index (κ1) is 12.1. The van der Waals surface area contributed by atoms with Crippen LogP contribution in [0.1, 0.15) is 24.0 Å². The van der Waals surface area contributed by atoms with E-state index in [-0.39, 0.29) is 0 Å². The number of halogens is 1. The minimum absolute atomic E-state index is 0.526. The second-order valence-electron chi connectivity index (χ2n) is 4.75. The topological polar surface area (TPSA) is 32.3 Å². The molecular formula is C13H18BrNO. The minimum atomic E-state index is -0.526. The van der Waals surface area contributed by atoms with Gasteiger partial charge in [-0.05, 0) is 44.5 Å². The van der Waals surface area contributed by atoms with E-state index >= 15 is 0 Å². The first-order valence-corrected chi connectivity index (χ1v) is 6.56. The van der Waals surface area contributed by atoms with Gasteiger partial charge < -0.3 is 10.4 Å². The maximum Gasteiger partial charge on any atom is 0.0712 e. The van der Waals surface area contributed by atoms with Crippen molar-refractivity contribution in [2.75, 3.05) is 13.1 Å². The summed E-state index contributed by atoms with van der Waals surface area (Å²) >= 11 is 3.55. The Balaban J connectivity index is 2.15. The Kier molecular flexibility index (Phi) is 3.67. The largest absolute Gasteiger partial charge is 0.389 e. The number of rotatable bonds is 2. The van der Waals surface area contributed by atoms with Gasteiger partial charge in [-0.25, -0.2) is 0 Å². The third kappa shape index (κ3) is 2.84. The zero-order valence-corrected chi connectivity index (χ0v) is 11.2. The molecule has 2 rings (SSSR count). The lowest BCUT2D eigenvalue weighted by atomic mass is 9.86. The summed E-state index contributed by atoms with van der Waals surface area (Å²) in [7, 11) is 0. The fourth-order valence-electron chi connectivity index (χ4n) is 2.26. The van der Waals surface area contributed by atoms with E-state index in [0.717, 1.165) is 36.8 Å². The molecule has 0 spiro atoms. The molecule has 0 aliphatic carbocycles. The summed E-state index contributed by atoms with van der Waals surface area (Å²) in [6, 6.07) is 6.30. The van der Waals surface area contributed by atoms with Crippen LogP contribution in [0.2, 0.25) is 0 Å². The predicted octanol–water partition coefficient (Wildman–Crippen LogP) is 2.41. The predicted molar refractivity (Wildman–Crippen MR) is 69.6 cm³/mol. The molecule has 1 heterocycles. The Labute approximate surface area is 105 Å². The van der Waals surface area contributed by atoms with Gasteiger partial charge in [0, 0.05) is 10.9 Å². The van der Waals surface area contributed by atoms with Crippen LogP contribution >= 0.6 is 15.9 Å². The van der Waals surface area contributed by atoms with Crippen LogP contribution in [0.4, 0.5) is 0 Å². The van der Waals surface area contributed by atoms with Gasteiger partial charge in [-0.15, -0.1) is 0 Å². The van der Waals surface area contributed by atoms with Crippen LogP contribution in [0.5, 0.6) is 0 Å². The quantitative estimate of drug-likeness (QED) is 0.874. The maximum absolute atomic E-state index is 10.5. The van der Waals surface area contributed by atoms with Crippen LogP contribution in [0.3, 0.4) is 0 Å². The highest BCUT2D eigenvalue weighted by atomic mass is 79.9. The number of aliphatic hydroxyl groups is 1. The van der Waals surface area contributed by atoms with Crippen LogP contribution in [0.15, 0.2) is 22.7 Å². The summed E-state index contributed by atoms with van der Waals surface area (Å²) in [6.07, 6.45) is 2.43. The van der Waals surface area contributed by atoms with Crippen LogP contribution in [-0.4, -0.2) is 23.8 Å². The normalized spacial score (nSPS) is 19.7. The van der Waals surface area contributed by atoms with Gasteiger partial charge in [0.1, 0.15) is 0 Å². The van der Waals surface area contributed by atoms with E-state index in [1.165, 1.54) is 11.1 Å². The third-order valence-corrected chi connectivity index (χ3v) is 4.03. The van der Waals surface area contributed by atoms with Crippen molar-refractivity contribution in [2.24, 2.45) is 0 Å². The van der Waals surface area contributed by atoms with Crippen LogP contribution in [0, 0.1) is 6.92 Å². The van der Waals surface area contributed by atoms with Crippen molar-refractivity contribution >= 4 is 15.9 Å². The molecule has 1 aliphatic rings. The Morgan fingerprint density at radius 1 is 1.38 bits per heavy atom. The fraction of sp³-hybridized carbons (Fsp3) is 0.538. The number of hydrogen-bond acceptors (Lipinski definition) is 2. The van der Waals surface area contributed by atoms with Crippen molar-refractivity contribution in [3.05, 3.63) is 33.8 Å². The van der Waals surface area contributed by atoms with Crippen molar-refractivity contribution in [1.82, 2.24) is 5.32 Å². The van der Waals surface area contributed by atoms with E-state index in [1.54, 1.807) is 0 Å². The first-order chi connectivity index (χ1) is 7.59. The van der Waals surface area contributed by atoms with E-state index in [4.69, 9.17) is 0 Å². The molecule has 1 aromatic rings. The number of aryl methyl sites for hydroxylation is 1. The molecule has 2 N–H and O–H groups in total. The minimum Gasteiger partial charge on any atom is -0.389 e. The summed E-state index contributed by atoms with van der Waals surface area (Å²) in [5, 5.41) is 13.8. The fourth-order valence-corrected chi connectivity index (χ4v) is 2.65. The maximum atomic E-state index is 10.5. The Morgan fingerprint density at radius 2 is 2.06 bits per heavy atom. The molecule has 1 aliphatic heterocycles. The molecule has 16 heavy (non-hydrogen) atoms. The molecule has 1 fully saturated rings. The standard InChI is InChI=1S/C13H18BrNO/c1-10-2-3-12(14)11(8-10)9-13(16)4-6-15-7-5-13/h2-3,8,15-16H,4-7,9H2,1H3. The van der Waals surface area contributed by atoms with Gasteiger partial charge in [0.15, 0.2) is 0 Å². The summed E-state index contributed by atoms with van der Waals surface area (Å²) in [6.45, 7) is 3.92. The summed E-state index contributed by atoms with van der Waals surface area (Å²) in [4.78, 5) is 0. The lowest BCUT2D eigenvalue weighted by Crippen LogP contribution is -2.43. The van der Waals surface area contributed by atoms with E-state index < -0.39 is 5.60 Å². The molecule has 1 saturated heterocycles. The van der Waals surface area contributed by atoms with Gasteiger partial charge in [0.25, 0.3) is 0 Å². The number of hydrogen-bond donors (Lipinski definition) is 2. The Morgan fingerprint density at radius 3 is 2.75 bits per heavy atom. The Hall–Kier alpha value is -0.380. The molecule has 88 valence electrons. The lowest BCUT2D eigenvalue weighted by molar-refractivity contribution is 0.0107. The molecular weight excluding hydrogens is 266 g/mol. The molecule has 2 nitrogen and oxygen atoms in total. The molecule has 0 saturated carbocycles. The molecule has 3 heteroatoms. The summed E-state index contributed by atoms with van der Waals surface area (Å²) in [5.74, 6) is 0. The van der Waals surface area contributed by atoms with Crippen molar-refractivity contribution in [2.45, 2.75) is 31.8 Å². The van der Waals surface area contributed by atoms with E-state index in [2.05, 4.69) is 46.4 Å². The Bertz CT molecular complexity index is 372. The van der Waals surface area contributed by atoms with Gasteiger partial charge in [-0.2, -0.15) is 0 Å². The SMILES string of the molecule is Cc1ccc(Br)c(CC2(O)CCNCC2)c1. The van der Waals surface area contributed by atoms with Gasteiger partial charge in [0.2, 0.25) is 0 Å². The highest BCUT2D eigenvalue weighted by Crippen LogP contribution is 2.27. The smallest absolute Gasteiger partial charge is 0.0712 e. The number of piperidine rings is 1. The van der Waals surface area contributed by atoms with Crippen molar-refractivity contribution in [3.63, 3.8) is 0 Å². The summed E-state index contributed by atoms with van der Waals surface area (Å²) < 4.78 is 1.10. The first-order valence-electron chi connectivity index (χ1n) is 5.77.